The Hall–Kier alpha value is -1.56. The second-order valence-corrected chi connectivity index (χ2v) is 9.84. The van der Waals surface area contributed by atoms with Crippen LogP contribution in [-0.2, 0) is 25.7 Å². The van der Waals surface area contributed by atoms with E-state index in [0.717, 1.165) is 11.8 Å². The molecule has 0 unspecified atom stereocenters. The molecule has 0 radical (unpaired) electrons. The summed E-state index contributed by atoms with van der Waals surface area (Å²) in [5, 5.41) is 0. The first-order valence-corrected chi connectivity index (χ1v) is 12.9. The van der Waals surface area contributed by atoms with E-state index in [0.29, 0.717) is 0 Å². The number of hydrogen-bond donors (Lipinski definition) is 0. The molecule has 0 nitrogen and oxygen atoms in total. The van der Waals surface area contributed by atoms with Crippen molar-refractivity contribution in [1.82, 2.24) is 0 Å². The molecule has 0 saturated heterocycles. The molecule has 0 N–H and O–H groups in total. The quantitative estimate of drug-likeness (QED) is 0.310. The number of unbranched alkanes of at least 4 members (excludes halogenated alkanes) is 4. The minimum atomic E-state index is 0.896. The third-order valence-corrected chi connectivity index (χ3v) is 7.20. The Bertz CT molecular complexity index is 686. The van der Waals surface area contributed by atoms with Gasteiger partial charge in [-0.2, -0.15) is 0 Å². The lowest BCUT2D eigenvalue weighted by Crippen LogP contribution is -2.18. The average Bonchev–Trinajstić information content (AvgIpc) is 2.79. The zero-order valence-electron chi connectivity index (χ0n) is 19.7. The van der Waals surface area contributed by atoms with E-state index in [-0.39, 0.29) is 0 Å². The van der Waals surface area contributed by atoms with Crippen molar-refractivity contribution in [3.05, 3.63) is 70.8 Å². The van der Waals surface area contributed by atoms with Crippen LogP contribution in [0.5, 0.6) is 0 Å². The first-order valence-electron chi connectivity index (χ1n) is 12.9. The van der Waals surface area contributed by atoms with Crippen LogP contribution >= 0.6 is 0 Å². The van der Waals surface area contributed by atoms with Gasteiger partial charge in [-0.25, -0.2) is 0 Å². The van der Waals surface area contributed by atoms with E-state index in [9.17, 15) is 0 Å². The summed E-state index contributed by atoms with van der Waals surface area (Å²) in [6.45, 7) is 4.56. The third kappa shape index (κ3) is 7.93. The largest absolute Gasteiger partial charge is 0.0654 e. The van der Waals surface area contributed by atoms with E-state index in [1.165, 1.54) is 101 Å². The van der Waals surface area contributed by atoms with Crippen LogP contribution in [0.25, 0.3) is 0 Å². The summed E-state index contributed by atoms with van der Waals surface area (Å²) in [6.07, 6.45) is 18.8. The van der Waals surface area contributed by atoms with Gasteiger partial charge < -0.3 is 0 Å². The molecule has 1 aliphatic rings. The predicted molar refractivity (Wildman–Crippen MR) is 132 cm³/mol. The van der Waals surface area contributed by atoms with Crippen LogP contribution in [0.1, 0.15) is 100 Å². The van der Waals surface area contributed by atoms with Gasteiger partial charge in [-0.3, -0.25) is 0 Å². The second kappa shape index (κ2) is 13.0. The Morgan fingerprint density at radius 3 is 1.33 bits per heavy atom. The Balaban J connectivity index is 1.37. The smallest absolute Gasteiger partial charge is 0.0250 e. The Morgan fingerprint density at radius 1 is 0.500 bits per heavy atom. The Morgan fingerprint density at radius 2 is 0.900 bits per heavy atom. The van der Waals surface area contributed by atoms with Gasteiger partial charge in [-0.1, -0.05) is 88.1 Å². The van der Waals surface area contributed by atoms with Gasteiger partial charge in [-0.15, -0.1) is 0 Å². The average molecular weight is 405 g/mol. The van der Waals surface area contributed by atoms with Crippen LogP contribution in [0.15, 0.2) is 48.5 Å². The van der Waals surface area contributed by atoms with Gasteiger partial charge in [0.05, 0.1) is 0 Å². The number of benzene rings is 2. The van der Waals surface area contributed by atoms with E-state index >= 15 is 0 Å². The highest BCUT2D eigenvalue weighted by Gasteiger charge is 2.21. The standard InChI is InChI=1S/C30H44/c1-3-5-7-8-10-26-13-17-28(18-14-26)24-30-21-19-29(20-22-30)23-27-15-11-25(12-16-27)9-6-4-2/h11-18,29-30H,3-10,19-24H2,1-2H3. The lowest BCUT2D eigenvalue weighted by molar-refractivity contribution is 0.272. The second-order valence-electron chi connectivity index (χ2n) is 9.84. The molecule has 164 valence electrons. The lowest BCUT2D eigenvalue weighted by atomic mass is 9.77. The van der Waals surface area contributed by atoms with Crippen molar-refractivity contribution in [2.45, 2.75) is 104 Å². The number of aryl methyl sites for hydroxylation is 2. The van der Waals surface area contributed by atoms with Crippen LogP contribution in [0, 0.1) is 11.8 Å². The van der Waals surface area contributed by atoms with Crippen LogP contribution < -0.4 is 0 Å². The van der Waals surface area contributed by atoms with Gasteiger partial charge in [0.2, 0.25) is 0 Å². The minimum absolute atomic E-state index is 0.896. The highest BCUT2D eigenvalue weighted by Crippen LogP contribution is 2.33. The summed E-state index contributed by atoms with van der Waals surface area (Å²) >= 11 is 0. The summed E-state index contributed by atoms with van der Waals surface area (Å²) in [5.41, 5.74) is 6.14. The molecule has 0 bridgehead atoms. The molecule has 0 heteroatoms. The summed E-state index contributed by atoms with van der Waals surface area (Å²) < 4.78 is 0. The monoisotopic (exact) mass is 404 g/mol. The lowest BCUT2D eigenvalue weighted by Gasteiger charge is -2.28. The molecule has 1 fully saturated rings. The molecule has 0 aliphatic heterocycles. The summed E-state index contributed by atoms with van der Waals surface area (Å²) in [6, 6.07) is 19.1. The van der Waals surface area contributed by atoms with Crippen molar-refractivity contribution in [3.8, 4) is 0 Å². The maximum Gasteiger partial charge on any atom is -0.0250 e. The summed E-state index contributed by atoms with van der Waals surface area (Å²) in [5.74, 6) is 1.79. The molecule has 0 amide bonds. The van der Waals surface area contributed by atoms with Crippen molar-refractivity contribution in [2.75, 3.05) is 0 Å². The van der Waals surface area contributed by atoms with E-state index in [1.54, 1.807) is 11.1 Å². The molecule has 0 heterocycles. The molecular weight excluding hydrogens is 360 g/mol. The van der Waals surface area contributed by atoms with Crippen molar-refractivity contribution < 1.29 is 0 Å². The van der Waals surface area contributed by atoms with Crippen LogP contribution in [0.3, 0.4) is 0 Å². The molecule has 3 rings (SSSR count). The Kier molecular flexibility index (Phi) is 10.0. The molecule has 1 aliphatic carbocycles. The Labute approximate surface area is 186 Å². The molecular formula is C30H44. The zero-order valence-corrected chi connectivity index (χ0v) is 19.7. The fraction of sp³-hybridized carbons (Fsp3) is 0.600. The normalized spacial score (nSPS) is 19.1. The first-order chi connectivity index (χ1) is 14.8. The molecule has 0 spiro atoms. The molecule has 1 saturated carbocycles. The molecule has 2 aromatic carbocycles. The maximum atomic E-state index is 2.40. The van der Waals surface area contributed by atoms with Gasteiger partial charge in [0.15, 0.2) is 0 Å². The fourth-order valence-corrected chi connectivity index (χ4v) is 5.13. The minimum Gasteiger partial charge on any atom is -0.0654 e. The van der Waals surface area contributed by atoms with Gasteiger partial charge in [-0.05, 0) is 98.3 Å². The topological polar surface area (TPSA) is 0 Å². The van der Waals surface area contributed by atoms with Crippen molar-refractivity contribution in [2.24, 2.45) is 11.8 Å². The van der Waals surface area contributed by atoms with Gasteiger partial charge >= 0.3 is 0 Å². The first kappa shape index (κ1) is 23.1. The van der Waals surface area contributed by atoms with Crippen LogP contribution in [0.4, 0.5) is 0 Å². The molecule has 2 aromatic rings. The van der Waals surface area contributed by atoms with Crippen molar-refractivity contribution >= 4 is 0 Å². The molecule has 0 atom stereocenters. The summed E-state index contributed by atoms with van der Waals surface area (Å²) in [4.78, 5) is 0. The highest BCUT2D eigenvalue weighted by atomic mass is 14.3. The number of hydrogen-bond acceptors (Lipinski definition) is 0. The predicted octanol–water partition coefficient (Wildman–Crippen LogP) is 8.74. The third-order valence-electron chi connectivity index (χ3n) is 7.20. The van der Waals surface area contributed by atoms with Gasteiger partial charge in [0.1, 0.15) is 0 Å². The SMILES string of the molecule is CCCCCCc1ccc(CC2CCC(Cc3ccc(CCCC)cc3)CC2)cc1. The van der Waals surface area contributed by atoms with E-state index in [2.05, 4.69) is 62.4 Å². The maximum absolute atomic E-state index is 2.40. The van der Waals surface area contributed by atoms with E-state index < -0.39 is 0 Å². The van der Waals surface area contributed by atoms with E-state index in [1.807, 2.05) is 0 Å². The zero-order chi connectivity index (χ0) is 21.0. The van der Waals surface area contributed by atoms with Gasteiger partial charge in [0.25, 0.3) is 0 Å². The highest BCUT2D eigenvalue weighted by molar-refractivity contribution is 5.24. The molecule has 30 heavy (non-hydrogen) atoms. The summed E-state index contributed by atoms with van der Waals surface area (Å²) in [7, 11) is 0. The fourth-order valence-electron chi connectivity index (χ4n) is 5.13. The van der Waals surface area contributed by atoms with Crippen LogP contribution in [-0.4, -0.2) is 0 Å². The van der Waals surface area contributed by atoms with E-state index in [4.69, 9.17) is 0 Å². The van der Waals surface area contributed by atoms with Crippen molar-refractivity contribution in [1.29, 1.82) is 0 Å². The van der Waals surface area contributed by atoms with Crippen LogP contribution in [0.2, 0.25) is 0 Å². The number of rotatable bonds is 12. The van der Waals surface area contributed by atoms with Gasteiger partial charge in [0, 0.05) is 0 Å². The van der Waals surface area contributed by atoms with Crippen molar-refractivity contribution in [3.63, 3.8) is 0 Å². The molecule has 0 aromatic heterocycles.